The van der Waals surface area contributed by atoms with E-state index in [2.05, 4.69) is 54.5 Å². The number of carbonyl (C=O) groups is 1. The van der Waals surface area contributed by atoms with Gasteiger partial charge in [-0.25, -0.2) is 0 Å². The minimum absolute atomic E-state index is 0.221. The molecular weight excluding hydrogens is 364 g/mol. The van der Waals surface area contributed by atoms with E-state index in [0.717, 1.165) is 24.2 Å². The zero-order chi connectivity index (χ0) is 21.9. The molecule has 0 N–H and O–H groups in total. The Balaban J connectivity index is 1.61. The van der Waals surface area contributed by atoms with E-state index in [1.54, 1.807) is 5.57 Å². The molecule has 0 aromatic rings. The number of carbonyl (C=O) groups excluding carboxylic acids is 1. The van der Waals surface area contributed by atoms with E-state index in [-0.39, 0.29) is 16.7 Å². The highest BCUT2D eigenvalue weighted by Gasteiger charge is 2.64. The average Bonchev–Trinajstić information content (AvgIpc) is 2.95. The standard InChI is InChI=1S/C29H48O/c1-19(2)9-8-10-21(4)22-12-15-29(7)24-18-26(30)25-17-20(3)11-14-27(25,5)23(24)13-16-28(22,29)6/h18-23,25H,8-17H2,1-7H3/t20-,21+,22+,23?,25-,27+,28+,29-/m0/s1. The molecular formula is C29H48O. The number of rotatable bonds is 5. The van der Waals surface area contributed by atoms with Gasteiger partial charge in [-0.15, -0.1) is 0 Å². The van der Waals surface area contributed by atoms with Crippen LogP contribution in [0.1, 0.15) is 113 Å². The van der Waals surface area contributed by atoms with Crippen LogP contribution in [-0.2, 0) is 4.79 Å². The topological polar surface area (TPSA) is 17.1 Å². The Bertz CT molecular complexity index is 703. The van der Waals surface area contributed by atoms with Gasteiger partial charge in [0.25, 0.3) is 0 Å². The number of hydrogen-bond donors (Lipinski definition) is 0. The first-order chi connectivity index (χ1) is 14.0. The molecule has 4 aliphatic rings. The maximum absolute atomic E-state index is 13.4. The molecule has 4 rings (SSSR count). The fraction of sp³-hybridized carbons (Fsp3) is 0.897. The largest absolute Gasteiger partial charge is 0.295 e. The van der Waals surface area contributed by atoms with Gasteiger partial charge in [0.15, 0.2) is 5.78 Å². The molecule has 1 nitrogen and oxygen atoms in total. The fourth-order valence-corrected chi connectivity index (χ4v) is 8.92. The molecule has 8 atom stereocenters. The third-order valence-corrected chi connectivity index (χ3v) is 11.2. The highest BCUT2D eigenvalue weighted by atomic mass is 16.1. The highest BCUT2D eigenvalue weighted by molar-refractivity contribution is 5.94. The van der Waals surface area contributed by atoms with Crippen molar-refractivity contribution in [3.8, 4) is 0 Å². The van der Waals surface area contributed by atoms with E-state index in [1.807, 2.05) is 0 Å². The molecule has 4 aliphatic carbocycles. The lowest BCUT2D eigenvalue weighted by atomic mass is 9.43. The van der Waals surface area contributed by atoms with Crippen LogP contribution in [0.5, 0.6) is 0 Å². The smallest absolute Gasteiger partial charge is 0.159 e. The van der Waals surface area contributed by atoms with Crippen LogP contribution in [0.3, 0.4) is 0 Å². The van der Waals surface area contributed by atoms with Gasteiger partial charge >= 0.3 is 0 Å². The normalized spacial score (nSPS) is 46.8. The van der Waals surface area contributed by atoms with Crippen molar-refractivity contribution in [1.82, 2.24) is 0 Å². The van der Waals surface area contributed by atoms with Gasteiger partial charge in [0, 0.05) is 5.92 Å². The maximum Gasteiger partial charge on any atom is 0.159 e. The molecule has 0 aromatic heterocycles. The number of allylic oxidation sites excluding steroid dienone is 2. The third kappa shape index (κ3) is 3.27. The second kappa shape index (κ2) is 7.77. The van der Waals surface area contributed by atoms with E-state index in [4.69, 9.17) is 0 Å². The lowest BCUT2D eigenvalue weighted by Crippen LogP contribution is -2.55. The predicted octanol–water partition coefficient (Wildman–Crippen LogP) is 8.23. The van der Waals surface area contributed by atoms with Crippen LogP contribution in [0.25, 0.3) is 0 Å². The van der Waals surface area contributed by atoms with Crippen LogP contribution < -0.4 is 0 Å². The van der Waals surface area contributed by atoms with Gasteiger partial charge in [-0.05, 0) is 90.4 Å². The molecule has 30 heavy (non-hydrogen) atoms. The van der Waals surface area contributed by atoms with Gasteiger partial charge in [-0.2, -0.15) is 0 Å². The lowest BCUT2D eigenvalue weighted by Gasteiger charge is -2.61. The van der Waals surface area contributed by atoms with Gasteiger partial charge in [-0.3, -0.25) is 4.79 Å². The molecule has 0 bridgehead atoms. The summed E-state index contributed by atoms with van der Waals surface area (Å²) in [5.41, 5.74) is 2.42. The Morgan fingerprint density at radius 3 is 2.40 bits per heavy atom. The summed E-state index contributed by atoms with van der Waals surface area (Å²) in [5.74, 6) is 4.59. The summed E-state index contributed by atoms with van der Waals surface area (Å²) in [5, 5.41) is 0. The zero-order valence-corrected chi connectivity index (χ0v) is 21.0. The SMILES string of the molecule is CC(C)CCC[C@@H](C)[C@H]1CC[C@@]2(C)C3=CC(=O)[C@@H]4C[C@@H](C)CC[C@]4(C)C3CC[C@]12C. The summed E-state index contributed by atoms with van der Waals surface area (Å²) < 4.78 is 0. The molecule has 0 aliphatic heterocycles. The van der Waals surface area contributed by atoms with Gasteiger partial charge in [0.05, 0.1) is 0 Å². The molecule has 0 heterocycles. The van der Waals surface area contributed by atoms with E-state index in [1.165, 1.54) is 57.8 Å². The molecule has 0 spiro atoms. The summed E-state index contributed by atoms with van der Waals surface area (Å²) in [4.78, 5) is 13.4. The molecule has 0 radical (unpaired) electrons. The second-order valence-electron chi connectivity index (χ2n) is 13.2. The molecule has 170 valence electrons. The van der Waals surface area contributed by atoms with Crippen molar-refractivity contribution < 1.29 is 4.79 Å². The van der Waals surface area contributed by atoms with Gasteiger partial charge in [0.2, 0.25) is 0 Å². The van der Waals surface area contributed by atoms with Crippen LogP contribution in [-0.4, -0.2) is 5.78 Å². The van der Waals surface area contributed by atoms with Crippen molar-refractivity contribution in [3.63, 3.8) is 0 Å². The Morgan fingerprint density at radius 2 is 1.70 bits per heavy atom. The third-order valence-electron chi connectivity index (χ3n) is 11.2. The molecule has 0 amide bonds. The van der Waals surface area contributed by atoms with E-state index in [0.29, 0.717) is 23.0 Å². The van der Waals surface area contributed by atoms with Crippen molar-refractivity contribution in [2.24, 2.45) is 51.8 Å². The molecule has 3 saturated carbocycles. The Kier molecular flexibility index (Phi) is 5.85. The van der Waals surface area contributed by atoms with Gasteiger partial charge in [-0.1, -0.05) is 79.7 Å². The molecule has 1 heteroatoms. The van der Waals surface area contributed by atoms with Crippen LogP contribution in [0.4, 0.5) is 0 Å². The quantitative estimate of drug-likeness (QED) is 0.444. The molecule has 1 unspecified atom stereocenters. The monoisotopic (exact) mass is 412 g/mol. The summed E-state index contributed by atoms with van der Waals surface area (Å²) in [6.45, 7) is 17.3. The van der Waals surface area contributed by atoms with Crippen LogP contribution in [0.15, 0.2) is 11.6 Å². The first-order valence-corrected chi connectivity index (χ1v) is 13.3. The van der Waals surface area contributed by atoms with Crippen molar-refractivity contribution in [2.45, 2.75) is 113 Å². The summed E-state index contributed by atoms with van der Waals surface area (Å²) in [6, 6.07) is 0. The number of fused-ring (bicyclic) bond motifs is 5. The molecule has 0 saturated heterocycles. The fourth-order valence-electron chi connectivity index (χ4n) is 8.92. The highest BCUT2D eigenvalue weighted by Crippen LogP contribution is 2.72. The summed E-state index contributed by atoms with van der Waals surface area (Å²) >= 11 is 0. The number of hydrogen-bond acceptors (Lipinski definition) is 1. The Hall–Kier alpha value is -0.590. The number of ketones is 1. The minimum atomic E-state index is 0.221. The van der Waals surface area contributed by atoms with Gasteiger partial charge < -0.3 is 0 Å². The zero-order valence-electron chi connectivity index (χ0n) is 21.0. The van der Waals surface area contributed by atoms with Crippen molar-refractivity contribution in [2.75, 3.05) is 0 Å². The van der Waals surface area contributed by atoms with E-state index < -0.39 is 0 Å². The minimum Gasteiger partial charge on any atom is -0.295 e. The lowest BCUT2D eigenvalue weighted by molar-refractivity contribution is -0.131. The van der Waals surface area contributed by atoms with Crippen molar-refractivity contribution >= 4 is 5.78 Å². The Labute approximate surface area is 186 Å². The van der Waals surface area contributed by atoms with Gasteiger partial charge in [0.1, 0.15) is 0 Å². The van der Waals surface area contributed by atoms with Crippen LogP contribution in [0.2, 0.25) is 0 Å². The predicted molar refractivity (Wildman–Crippen MR) is 127 cm³/mol. The molecule has 3 fully saturated rings. The van der Waals surface area contributed by atoms with Crippen LogP contribution >= 0.6 is 0 Å². The van der Waals surface area contributed by atoms with Crippen LogP contribution in [0, 0.1) is 51.8 Å². The first kappa shape index (κ1) is 22.6. The molecule has 0 aromatic carbocycles. The maximum atomic E-state index is 13.4. The van der Waals surface area contributed by atoms with Crippen molar-refractivity contribution in [3.05, 3.63) is 11.6 Å². The first-order valence-electron chi connectivity index (χ1n) is 13.3. The summed E-state index contributed by atoms with van der Waals surface area (Å²) in [7, 11) is 0. The second-order valence-corrected chi connectivity index (χ2v) is 13.2. The Morgan fingerprint density at radius 1 is 0.967 bits per heavy atom. The van der Waals surface area contributed by atoms with E-state index in [9.17, 15) is 4.79 Å². The average molecular weight is 413 g/mol. The summed E-state index contributed by atoms with van der Waals surface area (Å²) in [6.07, 6.45) is 15.4. The van der Waals surface area contributed by atoms with E-state index >= 15 is 0 Å². The van der Waals surface area contributed by atoms with Crippen molar-refractivity contribution in [1.29, 1.82) is 0 Å².